The lowest BCUT2D eigenvalue weighted by molar-refractivity contribution is -0.921. The van der Waals surface area contributed by atoms with E-state index in [1.165, 1.54) is 30.7 Å². The molecule has 0 spiro atoms. The van der Waals surface area contributed by atoms with E-state index in [1.54, 1.807) is 0 Å². The highest BCUT2D eigenvalue weighted by molar-refractivity contribution is 7.86. The SMILES string of the molecule is CC[N+](CC)(CC)CC.O=S(=O)([O-])C(F)(F)C(F)(F)CC(F)(F)F. The predicted molar refractivity (Wildman–Crippen MR) is 72.7 cm³/mol. The Balaban J connectivity index is 0. The Morgan fingerprint density at radius 2 is 1.08 bits per heavy atom. The Hall–Kier alpha value is -0.620. The molecule has 0 aromatic rings. The summed E-state index contributed by atoms with van der Waals surface area (Å²) < 4.78 is 113. The van der Waals surface area contributed by atoms with E-state index < -0.39 is 33.9 Å². The zero-order valence-corrected chi connectivity index (χ0v) is 14.6. The van der Waals surface area contributed by atoms with Crippen LogP contribution in [0.2, 0.25) is 0 Å². The lowest BCUT2D eigenvalue weighted by Gasteiger charge is -2.34. The van der Waals surface area contributed by atoms with E-state index in [9.17, 15) is 43.7 Å². The molecule has 0 atom stereocenters. The normalized spacial score (nSPS) is 14.2. The summed E-state index contributed by atoms with van der Waals surface area (Å²) in [6, 6.07) is 0. The average molecular weight is 393 g/mol. The first-order chi connectivity index (χ1) is 10.4. The molecular formula is C12H22F7NO3S. The van der Waals surface area contributed by atoms with E-state index in [1.807, 2.05) is 0 Å². The number of quaternary nitrogens is 1. The first-order valence-corrected chi connectivity index (χ1v) is 8.49. The Bertz CT molecular complexity index is 456. The van der Waals surface area contributed by atoms with Crippen molar-refractivity contribution >= 4 is 10.1 Å². The van der Waals surface area contributed by atoms with Gasteiger partial charge >= 0.3 is 17.4 Å². The molecule has 0 N–H and O–H groups in total. The zero-order chi connectivity index (χ0) is 20.0. The van der Waals surface area contributed by atoms with Gasteiger partial charge in [-0.05, 0) is 27.7 Å². The number of hydrogen-bond donors (Lipinski definition) is 0. The quantitative estimate of drug-likeness (QED) is 0.377. The summed E-state index contributed by atoms with van der Waals surface area (Å²) in [5, 5.41) is -6.30. The molecule has 148 valence electrons. The third kappa shape index (κ3) is 7.09. The van der Waals surface area contributed by atoms with Crippen LogP contribution in [0.3, 0.4) is 0 Å². The highest BCUT2D eigenvalue weighted by Crippen LogP contribution is 2.44. The van der Waals surface area contributed by atoms with Crippen molar-refractivity contribution < 1.29 is 48.2 Å². The molecule has 0 rings (SSSR count). The Labute approximate surface area is 137 Å². The summed E-state index contributed by atoms with van der Waals surface area (Å²) >= 11 is 0. The monoisotopic (exact) mass is 393 g/mol. The molecule has 24 heavy (non-hydrogen) atoms. The van der Waals surface area contributed by atoms with Crippen LogP contribution in [0, 0.1) is 0 Å². The second-order valence-corrected chi connectivity index (χ2v) is 6.49. The maximum Gasteiger partial charge on any atom is 0.396 e. The lowest BCUT2D eigenvalue weighted by atomic mass is 10.2. The fourth-order valence-corrected chi connectivity index (χ4v) is 2.32. The Morgan fingerprint density at radius 1 is 0.792 bits per heavy atom. The smallest absolute Gasteiger partial charge is 0.396 e. The highest BCUT2D eigenvalue weighted by atomic mass is 32.2. The van der Waals surface area contributed by atoms with Crippen LogP contribution in [0.5, 0.6) is 0 Å². The van der Waals surface area contributed by atoms with E-state index >= 15 is 0 Å². The molecule has 4 nitrogen and oxygen atoms in total. The van der Waals surface area contributed by atoms with E-state index in [0.29, 0.717) is 0 Å². The lowest BCUT2D eigenvalue weighted by Crippen LogP contribution is -2.49. The minimum absolute atomic E-state index is 1.28. The summed E-state index contributed by atoms with van der Waals surface area (Å²) in [6.07, 6.45) is -9.12. The molecule has 0 heterocycles. The van der Waals surface area contributed by atoms with Gasteiger partial charge in [-0.2, -0.15) is 30.7 Å². The first-order valence-electron chi connectivity index (χ1n) is 7.08. The molecule has 0 aliphatic carbocycles. The van der Waals surface area contributed by atoms with Crippen LogP contribution in [0.15, 0.2) is 0 Å². The van der Waals surface area contributed by atoms with Crippen molar-refractivity contribution in [1.29, 1.82) is 0 Å². The average Bonchev–Trinajstić information content (AvgIpc) is 2.38. The predicted octanol–water partition coefficient (Wildman–Crippen LogP) is 3.59. The molecule has 0 aliphatic heterocycles. The van der Waals surface area contributed by atoms with Gasteiger partial charge < -0.3 is 9.04 Å². The summed E-state index contributed by atoms with van der Waals surface area (Å²) in [4.78, 5) is 0. The summed E-state index contributed by atoms with van der Waals surface area (Å²) in [5.41, 5.74) is 0. The van der Waals surface area contributed by atoms with E-state index in [4.69, 9.17) is 0 Å². The fourth-order valence-electron chi connectivity index (χ4n) is 1.88. The third-order valence-electron chi connectivity index (χ3n) is 3.85. The number of rotatable bonds is 7. The van der Waals surface area contributed by atoms with Crippen molar-refractivity contribution in [3.8, 4) is 0 Å². The number of hydrogen-bond acceptors (Lipinski definition) is 3. The van der Waals surface area contributed by atoms with Crippen molar-refractivity contribution in [3.63, 3.8) is 0 Å². The van der Waals surface area contributed by atoms with Crippen molar-refractivity contribution in [2.24, 2.45) is 0 Å². The van der Waals surface area contributed by atoms with Crippen LogP contribution in [0.4, 0.5) is 30.7 Å². The molecule has 0 saturated carbocycles. The number of nitrogens with zero attached hydrogens (tertiary/aromatic N) is 1. The minimum Gasteiger partial charge on any atom is -0.743 e. The van der Waals surface area contributed by atoms with Gasteiger partial charge in [-0.25, -0.2) is 8.42 Å². The van der Waals surface area contributed by atoms with Gasteiger partial charge in [0.05, 0.1) is 26.2 Å². The first kappa shape index (κ1) is 25.6. The Kier molecular flexibility index (Phi) is 9.24. The van der Waals surface area contributed by atoms with Crippen LogP contribution in [-0.4, -0.2) is 61.0 Å². The van der Waals surface area contributed by atoms with Crippen molar-refractivity contribution in [2.45, 2.75) is 51.5 Å². The van der Waals surface area contributed by atoms with Crippen molar-refractivity contribution in [3.05, 3.63) is 0 Å². The van der Waals surface area contributed by atoms with E-state index in [2.05, 4.69) is 27.7 Å². The van der Waals surface area contributed by atoms with Crippen LogP contribution in [0.25, 0.3) is 0 Å². The number of halogens is 7. The molecule has 0 bridgehead atoms. The second kappa shape index (κ2) is 8.65. The van der Waals surface area contributed by atoms with Gasteiger partial charge in [0.25, 0.3) is 0 Å². The van der Waals surface area contributed by atoms with Gasteiger partial charge in [-0.3, -0.25) is 0 Å². The van der Waals surface area contributed by atoms with Gasteiger partial charge in [0.1, 0.15) is 6.42 Å². The van der Waals surface area contributed by atoms with Gasteiger partial charge in [0, 0.05) is 0 Å². The third-order valence-corrected chi connectivity index (χ3v) is 4.77. The van der Waals surface area contributed by atoms with Crippen molar-refractivity contribution in [2.75, 3.05) is 26.2 Å². The summed E-state index contributed by atoms with van der Waals surface area (Å²) in [6.45, 7) is 14.2. The maximum atomic E-state index is 12.1. The molecule has 0 fully saturated rings. The molecule has 0 aromatic heterocycles. The second-order valence-electron chi connectivity index (χ2n) is 5.07. The molecule has 12 heteroatoms. The maximum absolute atomic E-state index is 12.1. The van der Waals surface area contributed by atoms with Gasteiger partial charge in [0.15, 0.2) is 10.1 Å². The van der Waals surface area contributed by atoms with Gasteiger partial charge in [-0.15, -0.1) is 0 Å². The van der Waals surface area contributed by atoms with Crippen LogP contribution < -0.4 is 0 Å². The standard InChI is InChI=1S/C8H20N.C4H3F7O3S/c1-5-9(6-2,7-3)8-4;5-2(6,1-3(7,8)9)4(10,11)15(12,13)14/h5-8H2,1-4H3;1H2,(H,12,13,14)/q+1;/p-1. The van der Waals surface area contributed by atoms with Gasteiger partial charge in [0.2, 0.25) is 0 Å². The molecule has 0 amide bonds. The highest BCUT2D eigenvalue weighted by Gasteiger charge is 2.65. The molecule has 0 saturated heterocycles. The topological polar surface area (TPSA) is 57.2 Å². The van der Waals surface area contributed by atoms with Crippen molar-refractivity contribution in [1.82, 2.24) is 0 Å². The van der Waals surface area contributed by atoms with E-state index in [-0.39, 0.29) is 0 Å². The van der Waals surface area contributed by atoms with Crippen LogP contribution >= 0.6 is 0 Å². The molecule has 0 aromatic carbocycles. The van der Waals surface area contributed by atoms with Crippen LogP contribution in [-0.2, 0) is 10.1 Å². The van der Waals surface area contributed by atoms with Crippen LogP contribution in [0.1, 0.15) is 34.1 Å². The largest absolute Gasteiger partial charge is 0.743 e. The molecule has 0 aliphatic rings. The molecular weight excluding hydrogens is 371 g/mol. The fraction of sp³-hybridized carbons (Fsp3) is 1.00. The summed E-state index contributed by atoms with van der Waals surface area (Å²) in [7, 11) is -6.87. The molecule has 0 radical (unpaired) electrons. The minimum atomic E-state index is -6.87. The summed E-state index contributed by atoms with van der Waals surface area (Å²) in [5.74, 6) is -5.99. The Morgan fingerprint density at radius 3 is 1.21 bits per heavy atom. The number of alkyl halides is 7. The van der Waals surface area contributed by atoms with Gasteiger partial charge in [-0.1, -0.05) is 0 Å². The van der Waals surface area contributed by atoms with E-state index in [0.717, 1.165) is 0 Å². The zero-order valence-electron chi connectivity index (χ0n) is 13.8. The molecule has 0 unspecified atom stereocenters.